The average Bonchev–Trinajstić information content (AvgIpc) is 3.14. The molecule has 0 radical (unpaired) electrons. The van der Waals surface area contributed by atoms with E-state index in [0.29, 0.717) is 11.9 Å². The Hall–Kier alpha value is -1.56. The van der Waals surface area contributed by atoms with E-state index in [1.807, 2.05) is 13.1 Å². The minimum absolute atomic E-state index is 0.355. The Bertz CT molecular complexity index is 439. The fourth-order valence-corrected chi connectivity index (χ4v) is 2.45. The minimum atomic E-state index is 0.355. The Balaban J connectivity index is 1.61. The van der Waals surface area contributed by atoms with E-state index < -0.39 is 0 Å². The van der Waals surface area contributed by atoms with Crippen LogP contribution in [0.25, 0.3) is 0 Å². The molecule has 1 aromatic heterocycles. The van der Waals surface area contributed by atoms with Gasteiger partial charge in [-0.05, 0) is 25.8 Å². The molecule has 0 spiro atoms. The zero-order valence-electron chi connectivity index (χ0n) is 11.4. The summed E-state index contributed by atoms with van der Waals surface area (Å²) in [5.41, 5.74) is 5.79. The van der Waals surface area contributed by atoms with Gasteiger partial charge in [0.15, 0.2) is 0 Å². The monoisotopic (exact) mass is 262 g/mol. The Kier molecular flexibility index (Phi) is 3.42. The number of nitrogens with one attached hydrogen (secondary N) is 2. The van der Waals surface area contributed by atoms with Crippen molar-refractivity contribution in [1.82, 2.24) is 15.3 Å². The fraction of sp³-hybridized carbons (Fsp3) is 0.692. The van der Waals surface area contributed by atoms with Crippen molar-refractivity contribution < 1.29 is 0 Å². The first-order chi connectivity index (χ1) is 9.24. The lowest BCUT2D eigenvalue weighted by Gasteiger charge is -2.40. The lowest BCUT2D eigenvalue weighted by atomic mass is 10.0. The van der Waals surface area contributed by atoms with Gasteiger partial charge in [0.25, 0.3) is 0 Å². The molecule has 2 aliphatic rings. The van der Waals surface area contributed by atoms with E-state index >= 15 is 0 Å². The topological polar surface area (TPSA) is 79.1 Å². The standard InChI is InChI=1S/C13H22N6/c1-15-5-10-7-19(8-10)12-4-11(17-13(14)18-12)16-6-9-2-3-9/h4,9-10,15H,2-3,5-8H2,1H3,(H3,14,16,17,18). The third kappa shape index (κ3) is 3.07. The van der Waals surface area contributed by atoms with Gasteiger partial charge in [-0.1, -0.05) is 0 Å². The number of aromatic nitrogens is 2. The number of hydrogen-bond acceptors (Lipinski definition) is 6. The van der Waals surface area contributed by atoms with E-state index in [1.54, 1.807) is 0 Å². The third-order valence-corrected chi connectivity index (χ3v) is 3.77. The van der Waals surface area contributed by atoms with Crippen LogP contribution in [0.2, 0.25) is 0 Å². The quantitative estimate of drug-likeness (QED) is 0.694. The predicted molar refractivity (Wildman–Crippen MR) is 77.3 cm³/mol. The van der Waals surface area contributed by atoms with E-state index in [2.05, 4.69) is 25.5 Å². The van der Waals surface area contributed by atoms with Crippen LogP contribution in [0.15, 0.2) is 6.07 Å². The Morgan fingerprint density at radius 2 is 2.05 bits per heavy atom. The summed E-state index contributed by atoms with van der Waals surface area (Å²) in [6.07, 6.45) is 2.66. The van der Waals surface area contributed by atoms with E-state index in [-0.39, 0.29) is 0 Å². The molecule has 0 unspecified atom stereocenters. The molecule has 0 bridgehead atoms. The fourth-order valence-electron chi connectivity index (χ4n) is 2.45. The molecule has 0 atom stereocenters. The molecule has 2 heterocycles. The minimum Gasteiger partial charge on any atom is -0.370 e. The molecular weight excluding hydrogens is 240 g/mol. The maximum Gasteiger partial charge on any atom is 0.223 e. The zero-order chi connectivity index (χ0) is 13.2. The first-order valence-electron chi connectivity index (χ1n) is 7.02. The number of anilines is 3. The zero-order valence-corrected chi connectivity index (χ0v) is 11.4. The highest BCUT2D eigenvalue weighted by Gasteiger charge is 2.27. The van der Waals surface area contributed by atoms with Crippen molar-refractivity contribution in [2.75, 3.05) is 49.2 Å². The highest BCUT2D eigenvalue weighted by Crippen LogP contribution is 2.29. The Morgan fingerprint density at radius 1 is 1.26 bits per heavy atom. The molecule has 1 saturated heterocycles. The number of rotatable bonds is 6. The molecule has 1 aliphatic heterocycles. The Morgan fingerprint density at radius 3 is 2.74 bits per heavy atom. The molecular formula is C13H22N6. The SMILES string of the molecule is CNCC1CN(c2cc(NCC3CC3)nc(N)n2)C1. The van der Waals surface area contributed by atoms with Crippen molar-refractivity contribution >= 4 is 17.6 Å². The van der Waals surface area contributed by atoms with Crippen LogP contribution in [0.3, 0.4) is 0 Å². The van der Waals surface area contributed by atoms with Crippen LogP contribution in [-0.4, -0.2) is 43.2 Å². The lowest BCUT2D eigenvalue weighted by Crippen LogP contribution is -2.50. The van der Waals surface area contributed by atoms with Crippen LogP contribution in [-0.2, 0) is 0 Å². The third-order valence-electron chi connectivity index (χ3n) is 3.77. The molecule has 104 valence electrons. The number of nitrogens with zero attached hydrogens (tertiary/aromatic N) is 3. The van der Waals surface area contributed by atoms with Gasteiger partial charge in [0.1, 0.15) is 11.6 Å². The molecule has 1 aromatic rings. The summed E-state index contributed by atoms with van der Waals surface area (Å²) in [4.78, 5) is 10.8. The van der Waals surface area contributed by atoms with Crippen LogP contribution < -0.4 is 21.3 Å². The summed E-state index contributed by atoms with van der Waals surface area (Å²) in [6, 6.07) is 2.01. The molecule has 1 saturated carbocycles. The lowest BCUT2D eigenvalue weighted by molar-refractivity contribution is 0.394. The highest BCUT2D eigenvalue weighted by molar-refractivity contribution is 5.54. The van der Waals surface area contributed by atoms with E-state index in [0.717, 1.165) is 43.7 Å². The van der Waals surface area contributed by atoms with Gasteiger partial charge >= 0.3 is 0 Å². The van der Waals surface area contributed by atoms with Gasteiger partial charge in [0, 0.05) is 38.2 Å². The number of nitrogens with two attached hydrogens (primary N) is 1. The second-order valence-electron chi connectivity index (χ2n) is 5.62. The summed E-state index contributed by atoms with van der Waals surface area (Å²) < 4.78 is 0. The van der Waals surface area contributed by atoms with E-state index in [9.17, 15) is 0 Å². The summed E-state index contributed by atoms with van der Waals surface area (Å²) >= 11 is 0. The molecule has 19 heavy (non-hydrogen) atoms. The first-order valence-corrected chi connectivity index (χ1v) is 7.02. The van der Waals surface area contributed by atoms with E-state index in [1.165, 1.54) is 12.8 Å². The van der Waals surface area contributed by atoms with Crippen molar-refractivity contribution in [1.29, 1.82) is 0 Å². The van der Waals surface area contributed by atoms with Crippen LogP contribution in [0.5, 0.6) is 0 Å². The highest BCUT2D eigenvalue weighted by atomic mass is 15.3. The average molecular weight is 262 g/mol. The first kappa shape index (κ1) is 12.5. The molecule has 6 nitrogen and oxygen atoms in total. The molecule has 6 heteroatoms. The van der Waals surface area contributed by atoms with Crippen molar-refractivity contribution in [2.45, 2.75) is 12.8 Å². The molecule has 3 rings (SSSR count). The maximum atomic E-state index is 5.79. The summed E-state index contributed by atoms with van der Waals surface area (Å²) in [6.45, 7) is 4.14. The van der Waals surface area contributed by atoms with Gasteiger partial charge < -0.3 is 21.3 Å². The van der Waals surface area contributed by atoms with Crippen LogP contribution in [0, 0.1) is 11.8 Å². The maximum absolute atomic E-state index is 5.79. The van der Waals surface area contributed by atoms with E-state index in [4.69, 9.17) is 5.73 Å². The number of nitrogen functional groups attached to an aromatic ring is 1. The molecule has 0 aromatic carbocycles. The van der Waals surface area contributed by atoms with Crippen LogP contribution in [0.4, 0.5) is 17.6 Å². The van der Waals surface area contributed by atoms with Crippen LogP contribution >= 0.6 is 0 Å². The molecule has 4 N–H and O–H groups in total. The van der Waals surface area contributed by atoms with Crippen molar-refractivity contribution in [3.63, 3.8) is 0 Å². The molecule has 1 aliphatic carbocycles. The van der Waals surface area contributed by atoms with Crippen molar-refractivity contribution in [2.24, 2.45) is 11.8 Å². The summed E-state index contributed by atoms with van der Waals surface area (Å²) in [5, 5.41) is 6.56. The second kappa shape index (κ2) is 5.21. The number of hydrogen-bond donors (Lipinski definition) is 3. The van der Waals surface area contributed by atoms with Gasteiger partial charge in [0.05, 0.1) is 0 Å². The van der Waals surface area contributed by atoms with Crippen LogP contribution in [0.1, 0.15) is 12.8 Å². The normalized spacial score (nSPS) is 19.3. The van der Waals surface area contributed by atoms with Gasteiger partial charge in [-0.15, -0.1) is 0 Å². The van der Waals surface area contributed by atoms with Gasteiger partial charge in [0.2, 0.25) is 5.95 Å². The second-order valence-corrected chi connectivity index (χ2v) is 5.62. The molecule has 2 fully saturated rings. The smallest absolute Gasteiger partial charge is 0.223 e. The summed E-state index contributed by atoms with van der Waals surface area (Å²) in [7, 11) is 1.99. The van der Waals surface area contributed by atoms with Gasteiger partial charge in [-0.3, -0.25) is 0 Å². The van der Waals surface area contributed by atoms with Gasteiger partial charge in [-0.25, -0.2) is 0 Å². The van der Waals surface area contributed by atoms with Gasteiger partial charge in [-0.2, -0.15) is 9.97 Å². The molecule has 0 amide bonds. The summed E-state index contributed by atoms with van der Waals surface area (Å²) in [5.74, 6) is 3.69. The van der Waals surface area contributed by atoms with Crippen molar-refractivity contribution in [3.05, 3.63) is 6.07 Å². The largest absolute Gasteiger partial charge is 0.370 e. The predicted octanol–water partition coefficient (Wildman–Crippen LogP) is 0.536. The Labute approximate surface area is 113 Å². The van der Waals surface area contributed by atoms with Crippen molar-refractivity contribution in [3.8, 4) is 0 Å².